The Hall–Kier alpha value is -8.61. The first-order valence-electron chi connectivity index (χ1n) is 40.6. The molecule has 3 fully saturated rings. The number of furan rings is 3. The zero-order chi connectivity index (χ0) is 85.2. The molecule has 15 nitrogen and oxygen atoms in total. The maximum Gasteiger partial charge on any atom is 0.297 e. The van der Waals surface area contributed by atoms with Gasteiger partial charge in [0.15, 0.2) is 0 Å². The van der Waals surface area contributed by atoms with E-state index in [-0.39, 0.29) is 135 Å². The summed E-state index contributed by atoms with van der Waals surface area (Å²) < 4.78 is 240. The third kappa shape index (κ3) is 20.6. The molecule has 6 aliphatic heterocycles. The fourth-order valence-electron chi connectivity index (χ4n) is 16.8. The molecule has 0 bridgehead atoms. The Balaban J connectivity index is 0.000000149. The summed E-state index contributed by atoms with van der Waals surface area (Å²) in [7, 11) is -4.01. The van der Waals surface area contributed by atoms with Gasteiger partial charge in [0.25, 0.3) is 10.1 Å². The van der Waals surface area contributed by atoms with E-state index in [1.165, 1.54) is 77.9 Å². The molecule has 10 aromatic rings. The third-order valence-electron chi connectivity index (χ3n) is 22.6. The van der Waals surface area contributed by atoms with Crippen LogP contribution in [-0.4, -0.2) is 186 Å². The Bertz CT molecular complexity index is 5000. The van der Waals surface area contributed by atoms with Gasteiger partial charge in [-0.15, -0.1) is 0 Å². The second kappa shape index (κ2) is 37.0. The third-order valence-corrected chi connectivity index (χ3v) is 23.9. The molecule has 642 valence electrons. The molecule has 7 aromatic carbocycles. The van der Waals surface area contributed by atoms with Gasteiger partial charge in [-0.25, -0.2) is 39.5 Å². The fourth-order valence-corrected chi connectivity index (χ4v) is 17.7. The van der Waals surface area contributed by atoms with E-state index >= 15 is 26.3 Å². The number of halogens is 12. The Morgan fingerprint density at radius 3 is 1.01 bits per heavy atom. The highest BCUT2D eigenvalue weighted by Crippen LogP contribution is 2.50. The Morgan fingerprint density at radius 2 is 0.731 bits per heavy atom. The van der Waals surface area contributed by atoms with Crippen LogP contribution in [-0.2, 0) is 33.6 Å². The summed E-state index contributed by atoms with van der Waals surface area (Å²) in [5.41, 5.74) is 0.00725. The number of fused-ring (bicyclic) bond motifs is 9. The highest BCUT2D eigenvalue weighted by atomic mass is 32.2. The van der Waals surface area contributed by atoms with Crippen LogP contribution in [0.1, 0.15) is 137 Å². The van der Waals surface area contributed by atoms with Crippen molar-refractivity contribution in [3.05, 3.63) is 225 Å². The molecule has 6 atom stereocenters. The highest BCUT2D eigenvalue weighted by Gasteiger charge is 2.47. The summed E-state index contributed by atoms with van der Waals surface area (Å²) in [6, 6.07) is 32.0. The van der Waals surface area contributed by atoms with E-state index in [0.29, 0.717) is 98.5 Å². The van der Waals surface area contributed by atoms with Crippen molar-refractivity contribution in [3.63, 3.8) is 0 Å². The molecule has 28 heteroatoms. The van der Waals surface area contributed by atoms with Gasteiger partial charge in [0.05, 0.1) is 24.9 Å². The van der Waals surface area contributed by atoms with E-state index in [1.54, 1.807) is 32.9 Å². The fraction of sp³-hybridized carbons (Fsp3) is 0.473. The molecule has 119 heavy (non-hydrogen) atoms. The minimum atomic E-state index is -4.01. The smallest absolute Gasteiger partial charge is 0.297 e. The summed E-state index contributed by atoms with van der Waals surface area (Å²) in [6.07, 6.45) is 1.71. The van der Waals surface area contributed by atoms with E-state index in [1.807, 2.05) is 104 Å². The van der Waals surface area contributed by atoms with Crippen LogP contribution in [0.5, 0.6) is 17.2 Å². The summed E-state index contributed by atoms with van der Waals surface area (Å²) in [6.45, 7) is 20.8. The standard InChI is InChI=1S/C31H32F3NO5S.2C28H32F4N2O2.C4H8FN/c1-19-9-11-22(12-10-19)41(36,37)39-14-13-38-21-16-25(32)28(26(33)17-21)29-30-24(23-7-5-6-8-27(23)40-30)15-20(2)35(29)18-31(3,4)34;2*1-17-10-21-20-6-4-5-7-24(20)36-27(21)26(34(17)16-28(2,3)32)25-22(30)11-19(12-23(25)31)35-9-8-33-14-18(13-29)15-33;5-1-4-2-6-3-4/h5-12,16-17,20,29H,13-15,18H2,1-4H3;2*4-7,11-12,17-18,26H,8-10,13-16H2,1-3H3;4,6H,1-3H2. The molecule has 0 radical (unpaired) electrons. The van der Waals surface area contributed by atoms with Crippen molar-refractivity contribution in [1.29, 1.82) is 0 Å². The zero-order valence-corrected chi connectivity index (χ0v) is 69.4. The number of nitrogens with zero attached hydrogens (tertiary/aromatic N) is 5. The SMILES string of the molecule is CC1Cc2c(oc3ccccc23)C(c2c(F)cc(OCCN3CC(CF)C3)cc2F)N1CC(C)(C)F.CC1Cc2c(oc3ccccc23)C(c2c(F)cc(OCCN3CC(CF)C3)cc2F)N1CC(C)(C)F.Cc1ccc(S(=O)(=O)OCCOc2cc(F)c(C3c4oc5ccccc5c4CC(C)N3CC(C)(C)F)c(F)c2)cc1.FCC1CNC1. The van der Waals surface area contributed by atoms with Gasteiger partial charge in [0.1, 0.15) is 148 Å². The van der Waals surface area contributed by atoms with E-state index in [9.17, 15) is 34.8 Å². The second-order valence-corrected chi connectivity index (χ2v) is 35.8. The lowest BCUT2D eigenvalue weighted by molar-refractivity contribution is 0.0570. The van der Waals surface area contributed by atoms with Crippen molar-refractivity contribution in [2.24, 2.45) is 17.8 Å². The predicted octanol–water partition coefficient (Wildman–Crippen LogP) is 19.2. The number of likely N-dealkylation sites (tertiary alicyclic amines) is 2. The lowest BCUT2D eigenvalue weighted by atomic mass is 9.87. The normalized spacial score (nSPS) is 20.4. The van der Waals surface area contributed by atoms with E-state index < -0.39 is 80.2 Å². The number of aryl methyl sites for hydroxylation is 1. The van der Waals surface area contributed by atoms with Crippen LogP contribution in [0, 0.1) is 59.6 Å². The van der Waals surface area contributed by atoms with Crippen LogP contribution < -0.4 is 19.5 Å². The predicted molar refractivity (Wildman–Crippen MR) is 433 cm³/mol. The first-order valence-corrected chi connectivity index (χ1v) is 42.0. The lowest BCUT2D eigenvalue weighted by Gasteiger charge is -2.42. The van der Waals surface area contributed by atoms with Crippen molar-refractivity contribution in [1.82, 2.24) is 29.8 Å². The summed E-state index contributed by atoms with van der Waals surface area (Å²) in [5, 5.41) is 5.65. The van der Waals surface area contributed by atoms with E-state index in [2.05, 4.69) is 5.32 Å². The molecule has 1 N–H and O–H groups in total. The number of nitrogens with one attached hydrogen (secondary N) is 1. The van der Waals surface area contributed by atoms with Gasteiger partial charge in [0.2, 0.25) is 0 Å². The van der Waals surface area contributed by atoms with Crippen molar-refractivity contribution in [2.45, 2.75) is 147 Å². The molecule has 0 saturated carbocycles. The average molecular weight is 1690 g/mol. The van der Waals surface area contributed by atoms with Gasteiger partial charge >= 0.3 is 0 Å². The van der Waals surface area contributed by atoms with Crippen molar-refractivity contribution in [2.75, 3.05) is 118 Å². The molecule has 6 aliphatic rings. The maximum absolute atomic E-state index is 15.7. The van der Waals surface area contributed by atoms with Crippen LogP contribution in [0.3, 0.4) is 0 Å². The number of benzene rings is 7. The number of para-hydroxylation sites is 3. The monoisotopic (exact) mass is 1680 g/mol. The molecule has 16 rings (SSSR count). The Labute approximate surface area is 687 Å². The van der Waals surface area contributed by atoms with Crippen LogP contribution >= 0.6 is 0 Å². The van der Waals surface area contributed by atoms with Crippen molar-refractivity contribution < 1.29 is 92.7 Å². The van der Waals surface area contributed by atoms with Crippen LogP contribution in [0.4, 0.5) is 52.7 Å². The highest BCUT2D eigenvalue weighted by molar-refractivity contribution is 7.86. The molecule has 6 unspecified atom stereocenters. The summed E-state index contributed by atoms with van der Waals surface area (Å²) in [4.78, 5) is 9.38. The largest absolute Gasteiger partial charge is 0.492 e. The number of hydrogen-bond donors (Lipinski definition) is 1. The minimum absolute atomic E-state index is 0.00257. The topological polar surface area (TPSA) is 139 Å². The average Bonchev–Trinajstić information content (AvgIpc) is 1.64. The van der Waals surface area contributed by atoms with Gasteiger partial charge in [-0.3, -0.25) is 41.9 Å². The molecular weight excluding hydrogens is 1580 g/mol. The number of rotatable bonds is 26. The zero-order valence-electron chi connectivity index (χ0n) is 68.6. The first-order chi connectivity index (χ1) is 56.6. The molecule has 3 saturated heterocycles. The minimum Gasteiger partial charge on any atom is -0.492 e. The van der Waals surface area contributed by atoms with Crippen LogP contribution in [0.2, 0.25) is 0 Å². The van der Waals surface area contributed by atoms with Gasteiger partial charge in [0, 0.05) is 194 Å². The Kier molecular flexibility index (Phi) is 27.4. The molecule has 9 heterocycles. The molecule has 0 spiro atoms. The maximum atomic E-state index is 15.7. The lowest BCUT2D eigenvalue weighted by Crippen LogP contribution is -2.49. The van der Waals surface area contributed by atoms with Gasteiger partial charge < -0.3 is 32.8 Å². The Morgan fingerprint density at radius 1 is 0.429 bits per heavy atom. The molecular formula is C91H104F12N6O9S. The van der Waals surface area contributed by atoms with Gasteiger partial charge in [-0.1, -0.05) is 72.3 Å². The number of hydrogen-bond acceptors (Lipinski definition) is 15. The van der Waals surface area contributed by atoms with E-state index in [4.69, 9.17) is 31.6 Å². The molecule has 0 amide bonds. The quantitative estimate of drug-likeness (QED) is 0.0312. The summed E-state index contributed by atoms with van der Waals surface area (Å²) in [5.74, 6) is -3.05. The second-order valence-electron chi connectivity index (χ2n) is 34.1. The van der Waals surface area contributed by atoms with Crippen LogP contribution in [0.25, 0.3) is 32.9 Å². The summed E-state index contributed by atoms with van der Waals surface area (Å²) >= 11 is 0. The molecule has 0 aliphatic carbocycles. The number of alkyl halides is 6. The van der Waals surface area contributed by atoms with E-state index in [0.717, 1.165) is 63.6 Å². The van der Waals surface area contributed by atoms with Gasteiger partial charge in [-0.05, 0) is 119 Å². The van der Waals surface area contributed by atoms with Crippen molar-refractivity contribution in [3.8, 4) is 17.2 Å². The van der Waals surface area contributed by atoms with Crippen molar-refractivity contribution >= 4 is 43.0 Å². The molecule has 3 aromatic heterocycles. The first kappa shape index (κ1) is 88.2. The van der Waals surface area contributed by atoms with Gasteiger partial charge in [-0.2, -0.15) is 8.42 Å². The van der Waals surface area contributed by atoms with Crippen LogP contribution in [0.15, 0.2) is 152 Å². The number of ether oxygens (including phenoxy) is 3.